The Morgan fingerprint density at radius 3 is 2.50 bits per heavy atom. The summed E-state index contributed by atoms with van der Waals surface area (Å²) < 4.78 is 4.99. The fraction of sp³-hybridized carbons (Fsp3) is 0.545. The van der Waals surface area contributed by atoms with Crippen molar-refractivity contribution in [2.75, 3.05) is 6.61 Å². The molecule has 14 heavy (non-hydrogen) atoms. The fourth-order valence-corrected chi connectivity index (χ4v) is 2.18. The Labute approximate surface area is 87.7 Å². The van der Waals surface area contributed by atoms with Gasteiger partial charge in [0.2, 0.25) is 0 Å². The molecule has 3 heteroatoms. The van der Waals surface area contributed by atoms with Crippen LogP contribution in [0.25, 0.3) is 0 Å². The van der Waals surface area contributed by atoms with Crippen LogP contribution in [-0.2, 0) is 9.53 Å². The minimum atomic E-state index is -1.23. The minimum Gasteiger partial charge on any atom is -0.462 e. The van der Waals surface area contributed by atoms with Gasteiger partial charge in [-0.1, -0.05) is 25.7 Å². The van der Waals surface area contributed by atoms with Crippen molar-refractivity contribution in [3.05, 3.63) is 24.4 Å². The smallest absolute Gasteiger partial charge is 0.333 e. The molecule has 0 aliphatic rings. The lowest BCUT2D eigenvalue weighted by molar-refractivity contribution is -0.138. The molecule has 0 heterocycles. The molecule has 0 aromatic rings. The van der Waals surface area contributed by atoms with Crippen LogP contribution in [0.5, 0.6) is 0 Å². The largest absolute Gasteiger partial charge is 0.462 e. The van der Waals surface area contributed by atoms with E-state index in [9.17, 15) is 4.79 Å². The molecule has 0 amide bonds. The van der Waals surface area contributed by atoms with Crippen LogP contribution in [0.15, 0.2) is 24.4 Å². The van der Waals surface area contributed by atoms with Crippen molar-refractivity contribution < 1.29 is 9.53 Å². The van der Waals surface area contributed by atoms with E-state index < -0.39 is 8.07 Å². The quantitative estimate of drug-likeness (QED) is 0.293. The van der Waals surface area contributed by atoms with Gasteiger partial charge >= 0.3 is 5.97 Å². The van der Waals surface area contributed by atoms with Gasteiger partial charge in [-0.25, -0.2) is 4.79 Å². The normalized spacial score (nSPS) is 10.8. The van der Waals surface area contributed by atoms with Crippen LogP contribution in [0.2, 0.25) is 19.1 Å². The first-order valence-electron chi connectivity index (χ1n) is 4.85. The van der Waals surface area contributed by atoms with Gasteiger partial charge in [-0.3, -0.25) is 0 Å². The van der Waals surface area contributed by atoms with Crippen molar-refractivity contribution in [3.8, 4) is 0 Å². The van der Waals surface area contributed by atoms with E-state index >= 15 is 0 Å². The minimum absolute atomic E-state index is 0.289. The lowest BCUT2D eigenvalue weighted by atomic mass is 10.4. The Bertz CT molecular complexity index is 231. The molecule has 0 N–H and O–H groups in total. The van der Waals surface area contributed by atoms with Crippen LogP contribution in [0, 0.1) is 0 Å². The number of hydrogen-bond donors (Lipinski definition) is 0. The molecule has 2 nitrogen and oxygen atoms in total. The molecule has 80 valence electrons. The summed E-state index contributed by atoms with van der Waals surface area (Å²) in [7, 11) is -1.23. The van der Waals surface area contributed by atoms with Gasteiger partial charge in [0.1, 0.15) is 0 Å². The van der Waals surface area contributed by atoms with Crippen LogP contribution in [0.1, 0.15) is 13.3 Å². The lowest BCUT2D eigenvalue weighted by Gasteiger charge is -2.16. The number of ether oxygens (including phenoxy) is 1. The summed E-state index contributed by atoms with van der Waals surface area (Å²) in [4.78, 5) is 11.0. The van der Waals surface area contributed by atoms with Gasteiger partial charge in [0.05, 0.1) is 14.7 Å². The first kappa shape index (κ1) is 13.2. The van der Waals surface area contributed by atoms with Crippen LogP contribution >= 0.6 is 0 Å². The molecular formula is C11H20O2Si. The van der Waals surface area contributed by atoms with Crippen molar-refractivity contribution in [1.82, 2.24) is 0 Å². The summed E-state index contributed by atoms with van der Waals surface area (Å²) in [6, 6.07) is 1.11. The molecule has 0 aliphatic carbocycles. The third kappa shape index (κ3) is 5.75. The number of carbonyl (C=O) groups excluding carboxylic acids is 1. The summed E-state index contributed by atoms with van der Waals surface area (Å²) in [5.41, 5.74) is 2.53. The summed E-state index contributed by atoms with van der Waals surface area (Å²) >= 11 is 0. The van der Waals surface area contributed by atoms with Gasteiger partial charge in [0.25, 0.3) is 0 Å². The van der Waals surface area contributed by atoms with Crippen LogP contribution in [-0.4, -0.2) is 20.7 Å². The van der Waals surface area contributed by atoms with Gasteiger partial charge in [-0.15, -0.1) is 12.3 Å². The highest BCUT2D eigenvalue weighted by molar-refractivity contribution is 6.82. The number of hydrogen-bond acceptors (Lipinski definition) is 2. The van der Waals surface area contributed by atoms with E-state index in [1.54, 1.807) is 6.92 Å². The second-order valence-corrected chi connectivity index (χ2v) is 9.10. The highest BCUT2D eigenvalue weighted by Crippen LogP contribution is 2.12. The van der Waals surface area contributed by atoms with Gasteiger partial charge in [0, 0.05) is 5.57 Å². The standard InChI is InChI=1S/C11H20O2Si/c1-6-14(4,5)9-7-8-13-11(12)10(2)3/h6H,1-2,7-9H2,3-5H3. The van der Waals surface area contributed by atoms with Gasteiger partial charge < -0.3 is 4.74 Å². The van der Waals surface area contributed by atoms with Crippen LogP contribution in [0.4, 0.5) is 0 Å². The van der Waals surface area contributed by atoms with Crippen LogP contribution in [0.3, 0.4) is 0 Å². The maximum absolute atomic E-state index is 11.0. The van der Waals surface area contributed by atoms with E-state index in [4.69, 9.17) is 4.74 Å². The Hall–Kier alpha value is -0.833. The molecule has 0 fully saturated rings. The van der Waals surface area contributed by atoms with Crippen LogP contribution < -0.4 is 0 Å². The second-order valence-electron chi connectivity index (χ2n) is 4.21. The van der Waals surface area contributed by atoms with Crippen molar-refractivity contribution >= 4 is 14.0 Å². The first-order chi connectivity index (χ1) is 6.39. The molecule has 0 rings (SSSR count). The van der Waals surface area contributed by atoms with E-state index in [0.717, 1.165) is 12.5 Å². The number of carbonyl (C=O) groups is 1. The fourth-order valence-electron chi connectivity index (χ4n) is 0.918. The van der Waals surface area contributed by atoms with E-state index in [1.165, 1.54) is 0 Å². The summed E-state index contributed by atoms with van der Waals surface area (Å²) in [6.45, 7) is 14.0. The molecule has 0 atom stereocenters. The predicted molar refractivity (Wildman–Crippen MR) is 62.9 cm³/mol. The molecule has 0 spiro atoms. The Morgan fingerprint density at radius 1 is 1.50 bits per heavy atom. The highest BCUT2D eigenvalue weighted by Gasteiger charge is 2.15. The van der Waals surface area contributed by atoms with Gasteiger partial charge in [-0.2, -0.15) is 0 Å². The molecule has 0 aromatic heterocycles. The lowest BCUT2D eigenvalue weighted by Crippen LogP contribution is -2.22. The van der Waals surface area contributed by atoms with Crippen molar-refractivity contribution in [2.24, 2.45) is 0 Å². The second kappa shape index (κ2) is 5.80. The maximum atomic E-state index is 11.0. The van der Waals surface area contributed by atoms with E-state index in [0.29, 0.717) is 12.2 Å². The molecule has 0 aliphatic heterocycles. The van der Waals surface area contributed by atoms with Crippen molar-refractivity contribution in [1.29, 1.82) is 0 Å². The zero-order valence-corrected chi connectivity index (χ0v) is 10.4. The maximum Gasteiger partial charge on any atom is 0.333 e. The monoisotopic (exact) mass is 212 g/mol. The first-order valence-corrected chi connectivity index (χ1v) is 8.14. The number of esters is 1. The summed E-state index contributed by atoms with van der Waals surface area (Å²) in [6.07, 6.45) is 0.921. The third-order valence-electron chi connectivity index (χ3n) is 2.10. The highest BCUT2D eigenvalue weighted by atomic mass is 28.3. The zero-order valence-electron chi connectivity index (χ0n) is 9.43. The molecule has 0 radical (unpaired) electrons. The Balaban J connectivity index is 3.62. The Kier molecular flexibility index (Phi) is 5.46. The van der Waals surface area contributed by atoms with E-state index in [2.05, 4.69) is 32.0 Å². The molecular weight excluding hydrogens is 192 g/mol. The molecule has 0 bridgehead atoms. The van der Waals surface area contributed by atoms with E-state index in [-0.39, 0.29) is 5.97 Å². The van der Waals surface area contributed by atoms with Crippen molar-refractivity contribution in [2.45, 2.75) is 32.5 Å². The number of rotatable bonds is 6. The van der Waals surface area contributed by atoms with Crippen molar-refractivity contribution in [3.63, 3.8) is 0 Å². The van der Waals surface area contributed by atoms with Gasteiger partial charge in [0.15, 0.2) is 0 Å². The Morgan fingerprint density at radius 2 is 2.07 bits per heavy atom. The average molecular weight is 212 g/mol. The van der Waals surface area contributed by atoms with Gasteiger partial charge in [-0.05, 0) is 13.3 Å². The topological polar surface area (TPSA) is 26.3 Å². The SMILES string of the molecule is C=C[Si](C)(C)CCCOC(=O)C(=C)C. The molecule has 0 saturated heterocycles. The average Bonchev–Trinajstić information content (AvgIpc) is 2.12. The van der Waals surface area contributed by atoms with E-state index in [1.807, 2.05) is 0 Å². The predicted octanol–water partition coefficient (Wildman–Crippen LogP) is 2.93. The molecule has 0 saturated carbocycles. The third-order valence-corrected chi connectivity index (χ3v) is 4.85. The summed E-state index contributed by atoms with van der Waals surface area (Å²) in [5, 5.41) is 0. The molecule has 0 unspecified atom stereocenters. The molecule has 0 aromatic carbocycles. The zero-order chi connectivity index (χ0) is 11.2. The summed E-state index contributed by atoms with van der Waals surface area (Å²) in [5.74, 6) is -0.289.